The minimum absolute atomic E-state index is 0.234. The number of carbonyl (C=O) groups is 1. The molecule has 3 aliphatic rings. The predicted octanol–water partition coefficient (Wildman–Crippen LogP) is 2.10. The molecule has 0 saturated carbocycles. The van der Waals surface area contributed by atoms with E-state index in [0.717, 1.165) is 25.4 Å². The van der Waals surface area contributed by atoms with Crippen LogP contribution in [0.4, 0.5) is 0 Å². The largest absolute Gasteiger partial charge is 0.348 e. The maximum atomic E-state index is 12.1. The first kappa shape index (κ1) is 17.4. The predicted molar refractivity (Wildman–Crippen MR) is 98.0 cm³/mol. The highest BCUT2D eigenvalue weighted by atomic mass is 16.2. The van der Waals surface area contributed by atoms with Gasteiger partial charge in [-0.1, -0.05) is 30.3 Å². The maximum Gasteiger partial charge on any atom is 0.236 e. The Morgan fingerprint density at radius 3 is 2.67 bits per heavy atom. The van der Waals surface area contributed by atoms with E-state index in [0.29, 0.717) is 12.6 Å². The molecule has 0 N–H and O–H groups in total. The fourth-order valence-corrected chi connectivity index (χ4v) is 4.12. The van der Waals surface area contributed by atoms with Crippen molar-refractivity contribution in [1.29, 1.82) is 0 Å². The van der Waals surface area contributed by atoms with Crippen molar-refractivity contribution < 1.29 is 4.79 Å². The third-order valence-corrected chi connectivity index (χ3v) is 5.52. The lowest BCUT2D eigenvalue weighted by molar-refractivity contribution is -0.130. The van der Waals surface area contributed by atoms with E-state index in [4.69, 9.17) is 0 Å². The molecule has 0 aliphatic carbocycles. The van der Waals surface area contributed by atoms with Crippen LogP contribution < -0.4 is 0 Å². The Bertz CT molecular complexity index is 531. The Hall–Kier alpha value is -1.39. The second-order valence-corrected chi connectivity index (χ2v) is 7.66. The van der Waals surface area contributed by atoms with Crippen LogP contribution in [0.2, 0.25) is 0 Å². The Balaban J connectivity index is 1.50. The Labute approximate surface area is 146 Å². The van der Waals surface area contributed by atoms with E-state index in [1.807, 2.05) is 14.1 Å². The van der Waals surface area contributed by atoms with Gasteiger partial charge >= 0.3 is 0 Å². The highest BCUT2D eigenvalue weighted by Gasteiger charge is 2.35. The molecule has 4 nitrogen and oxygen atoms in total. The summed E-state index contributed by atoms with van der Waals surface area (Å²) in [6, 6.07) is 11.3. The number of hydrogen-bond donors (Lipinski definition) is 0. The molecular formula is C20H31N3O. The van der Waals surface area contributed by atoms with Gasteiger partial charge in [-0.05, 0) is 43.7 Å². The van der Waals surface area contributed by atoms with E-state index in [9.17, 15) is 4.79 Å². The molecule has 0 radical (unpaired) electrons. The number of piperidine rings is 1. The first-order chi connectivity index (χ1) is 11.6. The lowest BCUT2D eigenvalue weighted by Gasteiger charge is -2.36. The third-order valence-electron chi connectivity index (χ3n) is 5.52. The summed E-state index contributed by atoms with van der Waals surface area (Å²) in [6.07, 6.45) is 4.96. The summed E-state index contributed by atoms with van der Waals surface area (Å²) in [6.45, 7) is 5.20. The lowest BCUT2D eigenvalue weighted by atomic mass is 9.95. The number of nitrogens with zero attached hydrogens (tertiary/aromatic N) is 3. The van der Waals surface area contributed by atoms with E-state index in [1.165, 1.54) is 37.9 Å². The minimum atomic E-state index is 0.234. The third kappa shape index (κ3) is 4.58. The zero-order valence-corrected chi connectivity index (χ0v) is 15.2. The summed E-state index contributed by atoms with van der Waals surface area (Å²) in [5.74, 6) is 0.966. The number of aryl methyl sites for hydroxylation is 1. The molecule has 1 aromatic carbocycles. The molecule has 0 unspecified atom stereocenters. The maximum absolute atomic E-state index is 12.1. The second kappa shape index (κ2) is 8.13. The van der Waals surface area contributed by atoms with Crippen LogP contribution >= 0.6 is 0 Å². The molecule has 1 amide bonds. The first-order valence-electron chi connectivity index (χ1n) is 9.32. The van der Waals surface area contributed by atoms with Crippen LogP contribution in [0.15, 0.2) is 30.3 Å². The summed E-state index contributed by atoms with van der Waals surface area (Å²) >= 11 is 0. The average Bonchev–Trinajstić information content (AvgIpc) is 2.86. The summed E-state index contributed by atoms with van der Waals surface area (Å²) in [5.41, 5.74) is 1.44. The quantitative estimate of drug-likeness (QED) is 0.800. The molecule has 4 heteroatoms. The summed E-state index contributed by atoms with van der Waals surface area (Å²) < 4.78 is 0. The van der Waals surface area contributed by atoms with Crippen LogP contribution in [-0.4, -0.2) is 73.5 Å². The van der Waals surface area contributed by atoms with E-state index < -0.39 is 0 Å². The Morgan fingerprint density at radius 2 is 1.92 bits per heavy atom. The molecule has 24 heavy (non-hydrogen) atoms. The molecule has 1 aromatic rings. The molecule has 3 saturated heterocycles. The Kier molecular flexibility index (Phi) is 5.90. The number of amides is 1. The zero-order chi connectivity index (χ0) is 16.9. The van der Waals surface area contributed by atoms with Crippen LogP contribution in [0.1, 0.15) is 24.8 Å². The van der Waals surface area contributed by atoms with Gasteiger partial charge in [-0.25, -0.2) is 0 Å². The van der Waals surface area contributed by atoms with Gasteiger partial charge in [0.1, 0.15) is 0 Å². The van der Waals surface area contributed by atoms with Gasteiger partial charge < -0.3 is 9.80 Å². The van der Waals surface area contributed by atoms with Crippen molar-refractivity contribution in [3.63, 3.8) is 0 Å². The lowest BCUT2D eigenvalue weighted by Crippen LogP contribution is -2.48. The molecule has 2 bridgehead atoms. The van der Waals surface area contributed by atoms with Gasteiger partial charge in [0, 0.05) is 39.8 Å². The van der Waals surface area contributed by atoms with Crippen molar-refractivity contribution >= 4 is 5.91 Å². The first-order valence-corrected chi connectivity index (χ1v) is 9.32. The molecule has 3 heterocycles. The van der Waals surface area contributed by atoms with Gasteiger partial charge in [0.05, 0.1) is 6.54 Å². The fourth-order valence-electron chi connectivity index (χ4n) is 4.12. The summed E-state index contributed by atoms with van der Waals surface area (Å²) in [7, 11) is 3.71. The Morgan fingerprint density at radius 1 is 1.12 bits per heavy atom. The van der Waals surface area contributed by atoms with Gasteiger partial charge in [0.15, 0.2) is 0 Å². The highest BCUT2D eigenvalue weighted by Crippen LogP contribution is 2.28. The molecule has 132 valence electrons. The van der Waals surface area contributed by atoms with Gasteiger partial charge in [0.25, 0.3) is 0 Å². The summed E-state index contributed by atoms with van der Waals surface area (Å²) in [4.78, 5) is 18.9. The number of carbonyl (C=O) groups excluding carboxylic acids is 1. The van der Waals surface area contributed by atoms with Crippen molar-refractivity contribution in [3.05, 3.63) is 35.9 Å². The molecular weight excluding hydrogens is 298 g/mol. The van der Waals surface area contributed by atoms with Crippen molar-refractivity contribution in [2.75, 3.05) is 46.8 Å². The van der Waals surface area contributed by atoms with Crippen molar-refractivity contribution in [3.8, 4) is 0 Å². The molecule has 0 spiro atoms. The van der Waals surface area contributed by atoms with E-state index in [-0.39, 0.29) is 5.91 Å². The van der Waals surface area contributed by atoms with Crippen molar-refractivity contribution in [1.82, 2.24) is 14.7 Å². The van der Waals surface area contributed by atoms with Crippen LogP contribution in [0.5, 0.6) is 0 Å². The van der Waals surface area contributed by atoms with Gasteiger partial charge in [-0.3, -0.25) is 9.69 Å². The number of rotatable bonds is 6. The monoisotopic (exact) mass is 329 g/mol. The number of hydrogen-bond acceptors (Lipinski definition) is 3. The van der Waals surface area contributed by atoms with Gasteiger partial charge in [-0.2, -0.15) is 0 Å². The number of benzene rings is 1. The van der Waals surface area contributed by atoms with E-state index in [1.54, 1.807) is 4.90 Å². The molecule has 2 atom stereocenters. The molecule has 3 aliphatic heterocycles. The van der Waals surface area contributed by atoms with Crippen molar-refractivity contribution in [2.24, 2.45) is 5.92 Å². The van der Waals surface area contributed by atoms with Crippen LogP contribution in [-0.2, 0) is 11.2 Å². The average molecular weight is 329 g/mol. The molecule has 4 rings (SSSR count). The zero-order valence-electron chi connectivity index (χ0n) is 15.2. The van der Waals surface area contributed by atoms with Crippen molar-refractivity contribution in [2.45, 2.75) is 31.7 Å². The SMILES string of the molecule is CN(C)C(=O)CN1C[C@H]2CC[C@@H]1CN(CCCc1ccccc1)C2. The molecule has 0 aromatic heterocycles. The normalized spacial score (nSPS) is 24.8. The smallest absolute Gasteiger partial charge is 0.236 e. The minimum Gasteiger partial charge on any atom is -0.348 e. The van der Waals surface area contributed by atoms with Crippen LogP contribution in [0, 0.1) is 5.92 Å². The topological polar surface area (TPSA) is 26.8 Å². The van der Waals surface area contributed by atoms with Crippen LogP contribution in [0.3, 0.4) is 0 Å². The summed E-state index contributed by atoms with van der Waals surface area (Å²) in [5, 5.41) is 0. The van der Waals surface area contributed by atoms with Gasteiger partial charge in [-0.15, -0.1) is 0 Å². The highest BCUT2D eigenvalue weighted by molar-refractivity contribution is 5.77. The standard InChI is InChI=1S/C20H31N3O/c1-21(2)20(24)16-23-14-18-10-11-19(23)15-22(13-18)12-6-9-17-7-4-3-5-8-17/h3-5,7-8,18-19H,6,9-16H2,1-2H3/t18-,19+/m0/s1. The van der Waals surface area contributed by atoms with Gasteiger partial charge in [0.2, 0.25) is 5.91 Å². The van der Waals surface area contributed by atoms with E-state index in [2.05, 4.69) is 40.1 Å². The number of fused-ring (bicyclic) bond motifs is 4. The van der Waals surface area contributed by atoms with Crippen LogP contribution in [0.25, 0.3) is 0 Å². The second-order valence-electron chi connectivity index (χ2n) is 7.66. The fraction of sp³-hybridized carbons (Fsp3) is 0.650. The van der Waals surface area contributed by atoms with E-state index >= 15 is 0 Å². The molecule has 3 fully saturated rings. The number of likely N-dealkylation sites (N-methyl/N-ethyl adjacent to an activating group) is 1.